The fourth-order valence-corrected chi connectivity index (χ4v) is 1.32. The summed E-state index contributed by atoms with van der Waals surface area (Å²) in [5.74, 6) is -0.439. The predicted octanol–water partition coefficient (Wildman–Crippen LogP) is 0.0923. The van der Waals surface area contributed by atoms with Crippen LogP contribution in [0.2, 0.25) is 0 Å². The summed E-state index contributed by atoms with van der Waals surface area (Å²) in [5, 5.41) is 8.67. The Labute approximate surface area is 69.0 Å². The van der Waals surface area contributed by atoms with E-state index < -0.39 is 13.0 Å². The highest BCUT2D eigenvalue weighted by Gasteiger charge is 2.30. The van der Waals surface area contributed by atoms with Crippen molar-refractivity contribution in [3.05, 3.63) is 0 Å². The van der Waals surface area contributed by atoms with Crippen molar-refractivity contribution in [2.24, 2.45) is 5.92 Å². The minimum Gasteiger partial charge on any atom is -0.396 e. The molecule has 0 aromatic carbocycles. The number of halogens is 2. The van der Waals surface area contributed by atoms with Crippen molar-refractivity contribution in [1.29, 1.82) is 0 Å². The van der Waals surface area contributed by atoms with E-state index in [0.29, 0.717) is 0 Å². The molecule has 12 heavy (non-hydrogen) atoms. The molecule has 0 aliphatic carbocycles. The molecular weight excluding hydrogens is 168 g/mol. The van der Waals surface area contributed by atoms with Gasteiger partial charge in [-0.25, -0.2) is 8.78 Å². The molecule has 0 aromatic rings. The van der Waals surface area contributed by atoms with Gasteiger partial charge in [-0.05, 0) is 0 Å². The molecule has 1 aliphatic heterocycles. The minimum absolute atomic E-state index is 0.106. The number of alkyl halides is 2. The van der Waals surface area contributed by atoms with E-state index in [9.17, 15) is 13.6 Å². The molecule has 3 nitrogen and oxygen atoms in total. The van der Waals surface area contributed by atoms with Gasteiger partial charge in [0.05, 0.1) is 6.54 Å². The summed E-state index contributed by atoms with van der Waals surface area (Å²) >= 11 is 0. The normalized spacial score (nSPS) is 24.2. The molecule has 1 unspecified atom stereocenters. The predicted molar refractivity (Wildman–Crippen MR) is 37.8 cm³/mol. The summed E-state index contributed by atoms with van der Waals surface area (Å²) in [6.45, 7) is -0.347. The molecule has 1 N–H and O–H groups in total. The fraction of sp³-hybridized carbons (Fsp3) is 0.857. The zero-order valence-corrected chi connectivity index (χ0v) is 6.54. The number of aliphatic hydroxyl groups excluding tert-OH is 1. The van der Waals surface area contributed by atoms with Crippen LogP contribution in [0.5, 0.6) is 0 Å². The van der Waals surface area contributed by atoms with E-state index in [1.54, 1.807) is 0 Å². The third kappa shape index (κ3) is 2.14. The van der Waals surface area contributed by atoms with Crippen LogP contribution in [-0.4, -0.2) is 42.0 Å². The van der Waals surface area contributed by atoms with Crippen LogP contribution in [0, 0.1) is 5.92 Å². The molecule has 1 aliphatic rings. The number of rotatable bonds is 3. The molecule has 0 bridgehead atoms. The Balaban J connectivity index is 2.41. The Morgan fingerprint density at radius 3 is 2.75 bits per heavy atom. The Kier molecular flexibility index (Phi) is 2.97. The highest BCUT2D eigenvalue weighted by atomic mass is 19.3. The molecule has 1 amide bonds. The van der Waals surface area contributed by atoms with E-state index in [4.69, 9.17) is 5.11 Å². The van der Waals surface area contributed by atoms with Crippen LogP contribution in [0.1, 0.15) is 6.42 Å². The van der Waals surface area contributed by atoms with E-state index in [1.807, 2.05) is 0 Å². The summed E-state index contributed by atoms with van der Waals surface area (Å²) in [6.07, 6.45) is -2.28. The van der Waals surface area contributed by atoms with Gasteiger partial charge in [0.1, 0.15) is 0 Å². The molecule has 70 valence electrons. The largest absolute Gasteiger partial charge is 0.396 e. The Bertz CT molecular complexity index is 175. The molecule has 1 fully saturated rings. The van der Waals surface area contributed by atoms with Gasteiger partial charge >= 0.3 is 0 Å². The van der Waals surface area contributed by atoms with Crippen molar-refractivity contribution in [2.45, 2.75) is 12.8 Å². The van der Waals surface area contributed by atoms with Crippen LogP contribution in [0.25, 0.3) is 0 Å². The van der Waals surface area contributed by atoms with Crippen LogP contribution in [0.4, 0.5) is 8.78 Å². The van der Waals surface area contributed by atoms with Crippen molar-refractivity contribution in [1.82, 2.24) is 4.90 Å². The van der Waals surface area contributed by atoms with Crippen molar-refractivity contribution >= 4 is 5.91 Å². The van der Waals surface area contributed by atoms with E-state index in [2.05, 4.69) is 0 Å². The van der Waals surface area contributed by atoms with E-state index in [-0.39, 0.29) is 31.4 Å². The van der Waals surface area contributed by atoms with Crippen molar-refractivity contribution in [3.8, 4) is 0 Å². The Hall–Kier alpha value is -0.710. The SMILES string of the molecule is O=C1CC(CO)CN1CC(F)F. The lowest BCUT2D eigenvalue weighted by Gasteiger charge is -2.14. The van der Waals surface area contributed by atoms with Gasteiger partial charge in [0.25, 0.3) is 6.43 Å². The lowest BCUT2D eigenvalue weighted by Crippen LogP contribution is -2.30. The number of nitrogens with zero attached hydrogens (tertiary/aromatic N) is 1. The molecule has 0 spiro atoms. The van der Waals surface area contributed by atoms with Crippen molar-refractivity contribution in [3.63, 3.8) is 0 Å². The molecule has 1 heterocycles. The fourth-order valence-electron chi connectivity index (χ4n) is 1.32. The standard InChI is InChI=1S/C7H11F2NO2/c8-6(9)3-10-2-5(4-11)1-7(10)12/h5-6,11H,1-4H2. The van der Waals surface area contributed by atoms with Gasteiger partial charge in [-0.3, -0.25) is 4.79 Å². The third-order valence-electron chi connectivity index (χ3n) is 1.91. The number of aliphatic hydroxyl groups is 1. The second-order valence-electron chi connectivity index (χ2n) is 2.94. The smallest absolute Gasteiger partial charge is 0.255 e. The van der Waals surface area contributed by atoms with Crippen molar-refractivity contribution in [2.75, 3.05) is 19.7 Å². The molecule has 1 atom stereocenters. The Morgan fingerprint density at radius 1 is 1.67 bits per heavy atom. The maximum Gasteiger partial charge on any atom is 0.255 e. The quantitative estimate of drug-likeness (QED) is 0.667. The van der Waals surface area contributed by atoms with Gasteiger partial charge < -0.3 is 10.0 Å². The molecule has 0 aromatic heterocycles. The van der Waals surface area contributed by atoms with Crippen LogP contribution in [0.3, 0.4) is 0 Å². The number of hydrogen-bond donors (Lipinski definition) is 1. The summed E-state index contributed by atoms with van der Waals surface area (Å²) in [7, 11) is 0. The molecule has 1 saturated heterocycles. The first kappa shape index (κ1) is 9.38. The summed E-state index contributed by atoms with van der Waals surface area (Å²) in [5.41, 5.74) is 0. The lowest BCUT2D eigenvalue weighted by molar-refractivity contribution is -0.129. The zero-order valence-electron chi connectivity index (χ0n) is 6.54. The third-order valence-corrected chi connectivity index (χ3v) is 1.91. The first-order valence-corrected chi connectivity index (χ1v) is 3.80. The molecule has 1 rings (SSSR count). The maximum atomic E-state index is 11.8. The summed E-state index contributed by atoms with van der Waals surface area (Å²) in [6, 6.07) is 0. The van der Waals surface area contributed by atoms with Gasteiger partial charge in [-0.2, -0.15) is 0 Å². The van der Waals surface area contributed by atoms with Gasteiger partial charge in [0.15, 0.2) is 0 Å². The first-order chi connectivity index (χ1) is 5.63. The summed E-state index contributed by atoms with van der Waals surface area (Å²) in [4.78, 5) is 12.1. The van der Waals surface area contributed by atoms with Crippen LogP contribution < -0.4 is 0 Å². The average molecular weight is 179 g/mol. The molecule has 0 saturated carbocycles. The zero-order chi connectivity index (χ0) is 9.14. The molecule has 5 heteroatoms. The number of likely N-dealkylation sites (tertiary alicyclic amines) is 1. The maximum absolute atomic E-state index is 11.8. The van der Waals surface area contributed by atoms with Gasteiger partial charge in [0, 0.05) is 25.5 Å². The van der Waals surface area contributed by atoms with Crippen LogP contribution in [0.15, 0.2) is 0 Å². The highest BCUT2D eigenvalue weighted by Crippen LogP contribution is 2.17. The number of hydrogen-bond acceptors (Lipinski definition) is 2. The number of carbonyl (C=O) groups is 1. The average Bonchev–Trinajstić information content (AvgIpc) is 2.31. The first-order valence-electron chi connectivity index (χ1n) is 3.80. The highest BCUT2D eigenvalue weighted by molar-refractivity contribution is 5.78. The monoisotopic (exact) mass is 179 g/mol. The van der Waals surface area contributed by atoms with Crippen molar-refractivity contribution < 1.29 is 18.7 Å². The number of carbonyl (C=O) groups excluding carboxylic acids is 1. The number of amides is 1. The van der Waals surface area contributed by atoms with Crippen LogP contribution >= 0.6 is 0 Å². The minimum atomic E-state index is -2.48. The van der Waals surface area contributed by atoms with Gasteiger partial charge in [0.2, 0.25) is 5.91 Å². The molecular formula is C7H11F2NO2. The topological polar surface area (TPSA) is 40.5 Å². The van der Waals surface area contributed by atoms with Crippen LogP contribution in [-0.2, 0) is 4.79 Å². The lowest BCUT2D eigenvalue weighted by atomic mass is 10.1. The molecule has 0 radical (unpaired) electrons. The summed E-state index contributed by atoms with van der Waals surface area (Å²) < 4.78 is 23.7. The van der Waals surface area contributed by atoms with Gasteiger partial charge in [-0.15, -0.1) is 0 Å². The van der Waals surface area contributed by atoms with Gasteiger partial charge in [-0.1, -0.05) is 0 Å². The van der Waals surface area contributed by atoms with E-state index in [1.165, 1.54) is 0 Å². The second-order valence-corrected chi connectivity index (χ2v) is 2.94. The Morgan fingerprint density at radius 2 is 2.33 bits per heavy atom. The van der Waals surface area contributed by atoms with E-state index >= 15 is 0 Å². The van der Waals surface area contributed by atoms with E-state index in [0.717, 1.165) is 4.90 Å². The second kappa shape index (κ2) is 3.80.